The van der Waals surface area contributed by atoms with Crippen LogP contribution < -0.4 is 5.73 Å². The highest BCUT2D eigenvalue weighted by molar-refractivity contribution is 5.91. The topological polar surface area (TPSA) is 76.5 Å². The van der Waals surface area contributed by atoms with Crippen molar-refractivity contribution in [3.8, 4) is 11.3 Å². The van der Waals surface area contributed by atoms with Gasteiger partial charge in [-0.3, -0.25) is 0 Å². The van der Waals surface area contributed by atoms with E-state index in [9.17, 15) is 4.79 Å². The van der Waals surface area contributed by atoms with E-state index >= 15 is 0 Å². The number of hydrogen-bond donors (Lipinski definition) is 2. The number of benzene rings is 1. The molecule has 0 bridgehead atoms. The molecule has 2 aromatic rings. The first-order chi connectivity index (χ1) is 8.99. The number of furan rings is 1. The second kappa shape index (κ2) is 6.59. The molecular formula is C15H18ClNO3. The summed E-state index contributed by atoms with van der Waals surface area (Å²) in [6.45, 7) is 3.70. The fraction of sp³-hybridized carbons (Fsp3) is 0.267. The Labute approximate surface area is 124 Å². The normalized spacial score (nSPS) is 11.8. The average Bonchev–Trinajstić information content (AvgIpc) is 2.76. The Morgan fingerprint density at radius 2 is 2.05 bits per heavy atom. The molecule has 3 N–H and O–H groups in total. The van der Waals surface area contributed by atoms with Crippen molar-refractivity contribution in [3.63, 3.8) is 0 Å². The van der Waals surface area contributed by atoms with Crippen molar-refractivity contribution in [1.29, 1.82) is 0 Å². The summed E-state index contributed by atoms with van der Waals surface area (Å²) in [5.74, 6) is 0.558. The van der Waals surface area contributed by atoms with Crippen LogP contribution in [0.4, 0.5) is 0 Å². The third-order valence-corrected chi connectivity index (χ3v) is 3.01. The van der Waals surface area contributed by atoms with Crippen LogP contribution in [-0.4, -0.2) is 17.1 Å². The van der Waals surface area contributed by atoms with E-state index < -0.39 is 5.97 Å². The van der Waals surface area contributed by atoms with Crippen LogP contribution in [0, 0.1) is 6.92 Å². The highest BCUT2D eigenvalue weighted by Crippen LogP contribution is 2.27. The van der Waals surface area contributed by atoms with Gasteiger partial charge in [-0.15, -0.1) is 12.4 Å². The van der Waals surface area contributed by atoms with E-state index in [-0.39, 0.29) is 18.4 Å². The minimum Gasteiger partial charge on any atom is -0.478 e. The third-order valence-electron chi connectivity index (χ3n) is 3.01. The molecule has 0 saturated heterocycles. The van der Waals surface area contributed by atoms with E-state index in [2.05, 4.69) is 0 Å². The van der Waals surface area contributed by atoms with Crippen LogP contribution in [0.2, 0.25) is 0 Å². The van der Waals surface area contributed by atoms with Crippen LogP contribution in [0.5, 0.6) is 0 Å². The van der Waals surface area contributed by atoms with Crippen molar-refractivity contribution in [3.05, 3.63) is 47.2 Å². The fourth-order valence-corrected chi connectivity index (χ4v) is 2.08. The van der Waals surface area contributed by atoms with Crippen LogP contribution in [-0.2, 0) is 6.42 Å². The molecule has 1 heterocycles. The number of aromatic carboxylic acids is 1. The number of carboxylic acids is 1. The van der Waals surface area contributed by atoms with Crippen molar-refractivity contribution in [2.75, 3.05) is 0 Å². The van der Waals surface area contributed by atoms with Crippen LogP contribution in [0.1, 0.15) is 28.6 Å². The third kappa shape index (κ3) is 3.40. The lowest BCUT2D eigenvalue weighted by atomic mass is 10.0. The Morgan fingerprint density at radius 1 is 1.35 bits per heavy atom. The smallest absolute Gasteiger partial charge is 0.335 e. The maximum Gasteiger partial charge on any atom is 0.335 e. The molecule has 0 aliphatic rings. The molecule has 108 valence electrons. The molecule has 5 heteroatoms. The summed E-state index contributed by atoms with van der Waals surface area (Å²) in [6, 6.07) is 8.94. The summed E-state index contributed by atoms with van der Waals surface area (Å²) in [7, 11) is 0. The minimum atomic E-state index is -0.929. The maximum atomic E-state index is 11.1. The average molecular weight is 296 g/mol. The van der Waals surface area contributed by atoms with E-state index in [4.69, 9.17) is 15.3 Å². The zero-order valence-corrected chi connectivity index (χ0v) is 12.2. The van der Waals surface area contributed by atoms with Gasteiger partial charge in [0.1, 0.15) is 11.5 Å². The van der Waals surface area contributed by atoms with E-state index in [1.807, 2.05) is 25.1 Å². The Kier molecular flexibility index (Phi) is 5.36. The van der Waals surface area contributed by atoms with Gasteiger partial charge in [-0.05, 0) is 37.6 Å². The molecule has 0 aliphatic carbocycles. The first-order valence-corrected chi connectivity index (χ1v) is 6.16. The van der Waals surface area contributed by atoms with Crippen molar-refractivity contribution >= 4 is 18.4 Å². The van der Waals surface area contributed by atoms with Crippen LogP contribution in [0.15, 0.2) is 34.7 Å². The highest BCUT2D eigenvalue weighted by atomic mass is 35.5. The maximum absolute atomic E-state index is 11.1. The van der Waals surface area contributed by atoms with Crippen molar-refractivity contribution in [1.82, 2.24) is 0 Å². The molecule has 1 aromatic carbocycles. The quantitative estimate of drug-likeness (QED) is 0.907. The van der Waals surface area contributed by atoms with Gasteiger partial charge in [-0.1, -0.05) is 12.1 Å². The second-order valence-corrected chi connectivity index (χ2v) is 4.73. The van der Waals surface area contributed by atoms with E-state index in [0.29, 0.717) is 23.3 Å². The molecule has 1 unspecified atom stereocenters. The van der Waals surface area contributed by atoms with Gasteiger partial charge in [0.15, 0.2) is 0 Å². The molecule has 4 nitrogen and oxygen atoms in total. The summed E-state index contributed by atoms with van der Waals surface area (Å²) >= 11 is 0. The molecule has 0 saturated carbocycles. The lowest BCUT2D eigenvalue weighted by Crippen LogP contribution is -2.17. The van der Waals surface area contributed by atoms with Crippen LogP contribution >= 0.6 is 12.4 Å². The van der Waals surface area contributed by atoms with E-state index in [1.54, 1.807) is 19.1 Å². The number of halogens is 1. The number of carboxylic acid groups (broad SMARTS) is 1. The lowest BCUT2D eigenvalue weighted by molar-refractivity contribution is 0.0696. The Bertz CT molecular complexity index is 605. The molecule has 20 heavy (non-hydrogen) atoms. The summed E-state index contributed by atoms with van der Waals surface area (Å²) in [5.41, 5.74) is 7.53. The Hall–Kier alpha value is -1.78. The molecular weight excluding hydrogens is 278 g/mol. The van der Waals surface area contributed by atoms with Gasteiger partial charge in [0.05, 0.1) is 5.56 Å². The highest BCUT2D eigenvalue weighted by Gasteiger charge is 2.14. The van der Waals surface area contributed by atoms with Gasteiger partial charge < -0.3 is 15.3 Å². The number of hydrogen-bond acceptors (Lipinski definition) is 3. The zero-order chi connectivity index (χ0) is 14.0. The van der Waals surface area contributed by atoms with Crippen molar-refractivity contribution in [2.45, 2.75) is 26.3 Å². The first kappa shape index (κ1) is 16.3. The van der Waals surface area contributed by atoms with Gasteiger partial charge in [0.2, 0.25) is 0 Å². The molecule has 0 fully saturated rings. The number of nitrogens with two attached hydrogens (primary N) is 1. The molecule has 0 amide bonds. The number of carbonyl (C=O) groups is 1. The van der Waals surface area contributed by atoms with Gasteiger partial charge in [-0.25, -0.2) is 4.79 Å². The van der Waals surface area contributed by atoms with Crippen molar-refractivity contribution in [2.24, 2.45) is 5.73 Å². The van der Waals surface area contributed by atoms with Gasteiger partial charge in [-0.2, -0.15) is 0 Å². The summed E-state index contributed by atoms with van der Waals surface area (Å²) in [4.78, 5) is 11.1. The summed E-state index contributed by atoms with van der Waals surface area (Å²) in [5, 5.41) is 9.11. The molecule has 0 radical (unpaired) electrons. The SMILES string of the molecule is Cc1c(C(=O)O)cccc1-c1ccc(CC(C)N)o1.Cl. The van der Waals surface area contributed by atoms with Gasteiger partial charge >= 0.3 is 5.97 Å². The van der Waals surface area contributed by atoms with Crippen LogP contribution in [0.3, 0.4) is 0 Å². The standard InChI is InChI=1S/C15H17NO3.ClH/c1-9(16)8-11-6-7-14(19-11)12-4-3-5-13(10(12)2)15(17)18;/h3-7,9H,8,16H2,1-2H3,(H,17,18);1H. The van der Waals surface area contributed by atoms with E-state index in [1.165, 1.54) is 0 Å². The minimum absolute atomic E-state index is 0. The Morgan fingerprint density at radius 3 is 2.65 bits per heavy atom. The fourth-order valence-electron chi connectivity index (χ4n) is 2.08. The number of rotatable bonds is 4. The molecule has 1 atom stereocenters. The van der Waals surface area contributed by atoms with Gasteiger partial charge in [0, 0.05) is 18.0 Å². The molecule has 0 aliphatic heterocycles. The van der Waals surface area contributed by atoms with Crippen molar-refractivity contribution < 1.29 is 14.3 Å². The zero-order valence-electron chi connectivity index (χ0n) is 11.4. The molecule has 1 aromatic heterocycles. The molecule has 0 spiro atoms. The molecule has 2 rings (SSSR count). The largest absolute Gasteiger partial charge is 0.478 e. The van der Waals surface area contributed by atoms with Crippen LogP contribution in [0.25, 0.3) is 11.3 Å². The Balaban J connectivity index is 0.00000200. The monoisotopic (exact) mass is 295 g/mol. The second-order valence-electron chi connectivity index (χ2n) is 4.73. The lowest BCUT2D eigenvalue weighted by Gasteiger charge is -2.06. The summed E-state index contributed by atoms with van der Waals surface area (Å²) < 4.78 is 5.72. The summed E-state index contributed by atoms with van der Waals surface area (Å²) in [6.07, 6.45) is 0.664. The first-order valence-electron chi connectivity index (χ1n) is 6.16. The predicted octanol–water partition coefficient (Wildman–Crippen LogP) is 3.26. The predicted molar refractivity (Wildman–Crippen MR) is 80.4 cm³/mol. The van der Waals surface area contributed by atoms with E-state index in [0.717, 1.165) is 11.3 Å². The van der Waals surface area contributed by atoms with Gasteiger partial charge in [0.25, 0.3) is 0 Å².